The average Bonchev–Trinajstić information content (AvgIpc) is 3.02. The van der Waals surface area contributed by atoms with Crippen LogP contribution in [0.5, 0.6) is 5.75 Å². The average molecular weight is 394 g/mol. The van der Waals surface area contributed by atoms with Crippen molar-refractivity contribution in [1.82, 2.24) is 19.7 Å². The highest BCUT2D eigenvalue weighted by Gasteiger charge is 2.14. The van der Waals surface area contributed by atoms with Gasteiger partial charge in [0.25, 0.3) is 0 Å². The van der Waals surface area contributed by atoms with Gasteiger partial charge in [-0.15, -0.1) is 0 Å². The van der Waals surface area contributed by atoms with E-state index < -0.39 is 0 Å². The number of nitrogens with zero attached hydrogens (tertiary/aromatic N) is 4. The van der Waals surface area contributed by atoms with E-state index in [-0.39, 0.29) is 6.10 Å². The topological polar surface area (TPSA) is 64.9 Å². The molecule has 4 rings (SSSR count). The van der Waals surface area contributed by atoms with Gasteiger partial charge in [0.2, 0.25) is 0 Å². The first-order valence-corrected chi connectivity index (χ1v) is 9.31. The van der Waals surface area contributed by atoms with Gasteiger partial charge in [0, 0.05) is 30.4 Å². The zero-order valence-corrected chi connectivity index (χ0v) is 16.6. The molecule has 0 saturated carbocycles. The normalized spacial score (nSPS) is 12.1. The van der Waals surface area contributed by atoms with Crippen molar-refractivity contribution in [2.75, 3.05) is 5.32 Å². The number of hydrogen-bond donors (Lipinski definition) is 1. The second-order valence-corrected chi connectivity index (χ2v) is 7.03. The van der Waals surface area contributed by atoms with Gasteiger partial charge >= 0.3 is 0 Å². The van der Waals surface area contributed by atoms with E-state index in [0.717, 1.165) is 39.3 Å². The summed E-state index contributed by atoms with van der Waals surface area (Å²) in [4.78, 5) is 8.54. The molecule has 0 fully saturated rings. The third-order valence-electron chi connectivity index (χ3n) is 4.53. The van der Waals surface area contributed by atoms with Crippen LogP contribution in [0.15, 0.2) is 55.0 Å². The van der Waals surface area contributed by atoms with Crippen molar-refractivity contribution in [2.24, 2.45) is 7.05 Å². The van der Waals surface area contributed by atoms with Gasteiger partial charge < -0.3 is 10.1 Å². The minimum atomic E-state index is -0.0919. The lowest BCUT2D eigenvalue weighted by molar-refractivity contribution is 0.226. The number of ether oxygens (including phenoxy) is 1. The van der Waals surface area contributed by atoms with Crippen molar-refractivity contribution in [3.05, 3.63) is 71.4 Å². The molecule has 0 amide bonds. The maximum Gasteiger partial charge on any atom is 0.138 e. The summed E-state index contributed by atoms with van der Waals surface area (Å²) in [5, 5.41) is 10.2. The predicted octanol–water partition coefficient (Wildman–Crippen LogP) is 5.21. The second-order valence-electron chi connectivity index (χ2n) is 6.64. The summed E-state index contributed by atoms with van der Waals surface area (Å²) in [5.41, 5.74) is 2.88. The predicted molar refractivity (Wildman–Crippen MR) is 111 cm³/mol. The van der Waals surface area contributed by atoms with Crippen LogP contribution < -0.4 is 10.1 Å². The highest BCUT2D eigenvalue weighted by molar-refractivity contribution is 6.29. The number of rotatable bonds is 5. The van der Waals surface area contributed by atoms with E-state index in [1.807, 2.05) is 57.4 Å². The smallest absolute Gasteiger partial charge is 0.138 e. The fourth-order valence-corrected chi connectivity index (χ4v) is 3.31. The van der Waals surface area contributed by atoms with E-state index in [4.69, 9.17) is 16.3 Å². The van der Waals surface area contributed by atoms with Crippen LogP contribution in [0.4, 0.5) is 11.5 Å². The Hall–Kier alpha value is -3.12. The summed E-state index contributed by atoms with van der Waals surface area (Å²) in [6.45, 7) is 4.02. The number of aryl methyl sites for hydroxylation is 2. The molecule has 1 atom stereocenters. The van der Waals surface area contributed by atoms with Gasteiger partial charge in [-0.2, -0.15) is 5.10 Å². The number of hydrogen-bond acceptors (Lipinski definition) is 5. The summed E-state index contributed by atoms with van der Waals surface area (Å²) in [5.74, 6) is 1.55. The first kappa shape index (κ1) is 18.3. The van der Waals surface area contributed by atoms with Gasteiger partial charge in [-0.25, -0.2) is 9.97 Å². The van der Waals surface area contributed by atoms with Crippen LogP contribution in [-0.2, 0) is 7.05 Å². The number of halogens is 1. The fourth-order valence-electron chi connectivity index (χ4n) is 3.20. The Kier molecular flexibility index (Phi) is 4.88. The standard InChI is InChI=1S/C21H20ClN5O/c1-13-19(12-27(3)26-13)14(2)28-17-5-6-18-15(10-17)8-9-23-21(18)25-16-4-7-20(22)24-11-16/h4-12,14H,1-3H3,(H,23,25). The molecule has 0 aliphatic heterocycles. The van der Waals surface area contributed by atoms with Crippen molar-refractivity contribution < 1.29 is 4.74 Å². The van der Waals surface area contributed by atoms with Gasteiger partial charge in [-0.3, -0.25) is 4.68 Å². The molecule has 28 heavy (non-hydrogen) atoms. The molecular weight excluding hydrogens is 374 g/mol. The summed E-state index contributed by atoms with van der Waals surface area (Å²) in [7, 11) is 1.91. The first-order chi connectivity index (χ1) is 13.5. The largest absolute Gasteiger partial charge is 0.486 e. The SMILES string of the molecule is Cc1nn(C)cc1C(C)Oc1ccc2c(Nc3ccc(Cl)nc3)nccc2c1. The van der Waals surface area contributed by atoms with Crippen molar-refractivity contribution in [3.63, 3.8) is 0 Å². The number of anilines is 2. The molecule has 0 aliphatic rings. The lowest BCUT2D eigenvalue weighted by Crippen LogP contribution is -2.03. The number of aromatic nitrogens is 4. The molecule has 0 aliphatic carbocycles. The van der Waals surface area contributed by atoms with Gasteiger partial charge in [0.1, 0.15) is 22.8 Å². The van der Waals surface area contributed by atoms with E-state index in [2.05, 4.69) is 20.4 Å². The summed E-state index contributed by atoms with van der Waals surface area (Å²) >= 11 is 5.85. The van der Waals surface area contributed by atoms with Crippen molar-refractivity contribution in [2.45, 2.75) is 20.0 Å². The lowest BCUT2D eigenvalue weighted by atomic mass is 10.1. The Labute approximate surface area is 168 Å². The van der Waals surface area contributed by atoms with Crippen molar-refractivity contribution in [3.8, 4) is 5.75 Å². The third kappa shape index (κ3) is 3.77. The number of pyridine rings is 2. The monoisotopic (exact) mass is 393 g/mol. The summed E-state index contributed by atoms with van der Waals surface area (Å²) in [6.07, 6.45) is 5.35. The van der Waals surface area contributed by atoms with Crippen LogP contribution >= 0.6 is 11.6 Å². The van der Waals surface area contributed by atoms with Crippen molar-refractivity contribution in [1.29, 1.82) is 0 Å². The quantitative estimate of drug-likeness (QED) is 0.471. The van der Waals surface area contributed by atoms with Crippen LogP contribution in [0, 0.1) is 6.92 Å². The van der Waals surface area contributed by atoms with E-state index in [0.29, 0.717) is 5.15 Å². The Bertz CT molecular complexity index is 1120. The molecule has 6 nitrogen and oxygen atoms in total. The second kappa shape index (κ2) is 7.48. The molecular formula is C21H20ClN5O. The molecule has 3 heterocycles. The van der Waals surface area contributed by atoms with Crippen LogP contribution in [-0.4, -0.2) is 19.7 Å². The minimum Gasteiger partial charge on any atom is -0.486 e. The molecule has 7 heteroatoms. The molecule has 1 N–H and O–H groups in total. The first-order valence-electron chi connectivity index (χ1n) is 8.94. The minimum absolute atomic E-state index is 0.0919. The molecule has 0 radical (unpaired) electrons. The molecule has 0 bridgehead atoms. The van der Waals surface area contributed by atoms with Crippen molar-refractivity contribution >= 4 is 33.9 Å². The zero-order chi connectivity index (χ0) is 19.7. The summed E-state index contributed by atoms with van der Waals surface area (Å²) in [6, 6.07) is 11.6. The van der Waals surface area contributed by atoms with Gasteiger partial charge in [-0.1, -0.05) is 11.6 Å². The Morgan fingerprint density at radius 1 is 1.14 bits per heavy atom. The van der Waals surface area contributed by atoms with E-state index in [1.165, 1.54) is 0 Å². The Balaban J connectivity index is 1.59. The van der Waals surface area contributed by atoms with E-state index in [9.17, 15) is 0 Å². The van der Waals surface area contributed by atoms with Gasteiger partial charge in [0.15, 0.2) is 0 Å². The number of nitrogens with one attached hydrogen (secondary N) is 1. The molecule has 1 unspecified atom stereocenters. The van der Waals surface area contributed by atoms with E-state index in [1.54, 1.807) is 23.1 Å². The van der Waals surface area contributed by atoms with Crippen LogP contribution in [0.3, 0.4) is 0 Å². The lowest BCUT2D eigenvalue weighted by Gasteiger charge is -2.15. The van der Waals surface area contributed by atoms with Gasteiger partial charge in [0.05, 0.1) is 17.6 Å². The maximum atomic E-state index is 6.16. The molecule has 0 spiro atoms. The van der Waals surface area contributed by atoms with Crippen LogP contribution in [0.1, 0.15) is 24.3 Å². The molecule has 3 aromatic heterocycles. The fraction of sp³-hybridized carbons (Fsp3) is 0.190. The van der Waals surface area contributed by atoms with E-state index >= 15 is 0 Å². The Morgan fingerprint density at radius 2 is 2.00 bits per heavy atom. The Morgan fingerprint density at radius 3 is 2.71 bits per heavy atom. The zero-order valence-electron chi connectivity index (χ0n) is 15.8. The molecule has 1 aromatic carbocycles. The van der Waals surface area contributed by atoms with Crippen LogP contribution in [0.2, 0.25) is 5.15 Å². The van der Waals surface area contributed by atoms with Gasteiger partial charge in [-0.05, 0) is 55.6 Å². The number of fused-ring (bicyclic) bond motifs is 1. The molecule has 4 aromatic rings. The third-order valence-corrected chi connectivity index (χ3v) is 4.75. The molecule has 142 valence electrons. The highest BCUT2D eigenvalue weighted by atomic mass is 35.5. The summed E-state index contributed by atoms with van der Waals surface area (Å²) < 4.78 is 7.96. The highest BCUT2D eigenvalue weighted by Crippen LogP contribution is 2.30. The number of benzene rings is 1. The maximum absolute atomic E-state index is 6.16. The molecule has 0 saturated heterocycles. The van der Waals surface area contributed by atoms with Crippen LogP contribution in [0.25, 0.3) is 10.8 Å².